The van der Waals surface area contributed by atoms with Crippen LogP contribution < -0.4 is 20.1 Å². The van der Waals surface area contributed by atoms with Crippen LogP contribution >= 0.6 is 0 Å². The van der Waals surface area contributed by atoms with E-state index in [-0.39, 0.29) is 18.1 Å². The maximum atomic E-state index is 13.4. The molecule has 0 unspecified atom stereocenters. The van der Waals surface area contributed by atoms with Crippen LogP contribution in [0.25, 0.3) is 6.08 Å². The number of carbonyl (C=O) groups excluding carboxylic acids is 3. The van der Waals surface area contributed by atoms with Crippen molar-refractivity contribution in [2.75, 3.05) is 19.0 Å². The maximum absolute atomic E-state index is 13.4. The van der Waals surface area contributed by atoms with Gasteiger partial charge in [0.05, 0.1) is 7.11 Å². The monoisotopic (exact) mass is 503 g/mol. The van der Waals surface area contributed by atoms with E-state index in [0.29, 0.717) is 28.3 Å². The zero-order valence-electron chi connectivity index (χ0n) is 20.4. The fourth-order valence-electron chi connectivity index (χ4n) is 3.85. The summed E-state index contributed by atoms with van der Waals surface area (Å²) < 4.78 is 24.6. The van der Waals surface area contributed by atoms with Crippen LogP contribution in [0.2, 0.25) is 0 Å². The van der Waals surface area contributed by atoms with E-state index in [4.69, 9.17) is 9.47 Å². The Balaban J connectivity index is 1.43. The Morgan fingerprint density at radius 1 is 1.05 bits per heavy atom. The highest BCUT2D eigenvalue weighted by molar-refractivity contribution is 6.16. The summed E-state index contributed by atoms with van der Waals surface area (Å²) in [5, 5.41) is 5.27. The summed E-state index contributed by atoms with van der Waals surface area (Å²) in [6.45, 7) is 1.69. The number of hydrogen-bond donors (Lipinski definition) is 2. The van der Waals surface area contributed by atoms with Gasteiger partial charge < -0.3 is 20.1 Å². The molecule has 9 heteroatoms. The first-order valence-corrected chi connectivity index (χ1v) is 11.7. The largest absolute Gasteiger partial charge is 0.493 e. The second kappa shape index (κ2) is 11.4. The molecule has 0 bridgehead atoms. The predicted octanol–water partition coefficient (Wildman–Crippen LogP) is 4.51. The molecule has 190 valence electrons. The van der Waals surface area contributed by atoms with E-state index in [2.05, 4.69) is 10.6 Å². The van der Waals surface area contributed by atoms with Gasteiger partial charge in [0.25, 0.3) is 5.91 Å². The van der Waals surface area contributed by atoms with Crippen LogP contribution in [0.4, 0.5) is 14.9 Å². The highest BCUT2D eigenvalue weighted by atomic mass is 19.1. The third-order valence-corrected chi connectivity index (χ3v) is 5.72. The van der Waals surface area contributed by atoms with Gasteiger partial charge >= 0.3 is 6.03 Å². The van der Waals surface area contributed by atoms with Crippen LogP contribution in [0, 0.1) is 5.82 Å². The van der Waals surface area contributed by atoms with Gasteiger partial charge in [0.15, 0.2) is 11.5 Å². The SMILES string of the molecule is CCc1ccccc1NC(=O)CN1C(=O)N/C(=C/c2ccc(OCc3cccc(F)c3)c(OC)c2)C1=O. The van der Waals surface area contributed by atoms with Gasteiger partial charge in [0, 0.05) is 5.69 Å². The number of amides is 4. The molecule has 1 saturated heterocycles. The van der Waals surface area contributed by atoms with Crippen LogP contribution in [-0.4, -0.2) is 36.4 Å². The van der Waals surface area contributed by atoms with Gasteiger partial charge in [-0.05, 0) is 59.5 Å². The number of hydrogen-bond acceptors (Lipinski definition) is 5. The molecule has 1 aliphatic heterocycles. The van der Waals surface area contributed by atoms with Gasteiger partial charge in [0.1, 0.15) is 24.7 Å². The zero-order chi connectivity index (χ0) is 26.4. The summed E-state index contributed by atoms with van der Waals surface area (Å²) in [4.78, 5) is 38.7. The van der Waals surface area contributed by atoms with Gasteiger partial charge in [-0.1, -0.05) is 43.3 Å². The number of ether oxygens (including phenoxy) is 2. The fourth-order valence-corrected chi connectivity index (χ4v) is 3.85. The molecule has 4 rings (SSSR count). The first-order valence-electron chi connectivity index (χ1n) is 11.7. The van der Waals surface area contributed by atoms with Crippen molar-refractivity contribution in [3.05, 3.63) is 94.9 Å². The van der Waals surface area contributed by atoms with Gasteiger partial charge in [0.2, 0.25) is 5.91 Å². The van der Waals surface area contributed by atoms with Crippen molar-refractivity contribution in [2.24, 2.45) is 0 Å². The zero-order valence-corrected chi connectivity index (χ0v) is 20.4. The fraction of sp³-hybridized carbons (Fsp3) is 0.179. The summed E-state index contributed by atoms with van der Waals surface area (Å²) in [6.07, 6.45) is 2.22. The molecule has 1 aliphatic rings. The average molecular weight is 504 g/mol. The number of benzene rings is 3. The van der Waals surface area contributed by atoms with E-state index >= 15 is 0 Å². The van der Waals surface area contributed by atoms with E-state index in [1.807, 2.05) is 19.1 Å². The van der Waals surface area contributed by atoms with Gasteiger partial charge in [-0.15, -0.1) is 0 Å². The lowest BCUT2D eigenvalue weighted by atomic mass is 10.1. The number of aryl methyl sites for hydroxylation is 1. The van der Waals surface area contributed by atoms with Crippen LogP contribution in [0.5, 0.6) is 11.5 Å². The van der Waals surface area contributed by atoms with Gasteiger partial charge in [-0.3, -0.25) is 9.59 Å². The number of methoxy groups -OCH3 is 1. The highest BCUT2D eigenvalue weighted by Gasteiger charge is 2.35. The Morgan fingerprint density at radius 3 is 2.62 bits per heavy atom. The summed E-state index contributed by atoms with van der Waals surface area (Å²) >= 11 is 0. The molecule has 2 N–H and O–H groups in total. The molecule has 0 radical (unpaired) electrons. The first kappa shape index (κ1) is 25.4. The van der Waals surface area contributed by atoms with E-state index < -0.39 is 24.4 Å². The molecule has 0 aliphatic carbocycles. The molecule has 0 atom stereocenters. The first-order chi connectivity index (χ1) is 17.9. The predicted molar refractivity (Wildman–Crippen MR) is 136 cm³/mol. The number of anilines is 1. The Bertz CT molecular complexity index is 1370. The molecule has 0 saturated carbocycles. The van der Waals surface area contributed by atoms with E-state index in [0.717, 1.165) is 16.9 Å². The van der Waals surface area contributed by atoms with E-state index in [1.54, 1.807) is 42.5 Å². The van der Waals surface area contributed by atoms with Crippen LogP contribution in [0.1, 0.15) is 23.6 Å². The minimum Gasteiger partial charge on any atom is -0.493 e. The number of carbonyl (C=O) groups is 3. The molecule has 1 fully saturated rings. The van der Waals surface area contributed by atoms with Crippen LogP contribution in [0.3, 0.4) is 0 Å². The summed E-state index contributed by atoms with van der Waals surface area (Å²) in [6, 6.07) is 17.7. The van der Waals surface area contributed by atoms with Crippen molar-refractivity contribution in [1.82, 2.24) is 10.2 Å². The molecular formula is C28H26FN3O5. The molecule has 4 amide bonds. The van der Waals surface area contributed by atoms with Crippen molar-refractivity contribution in [3.8, 4) is 11.5 Å². The van der Waals surface area contributed by atoms with Crippen molar-refractivity contribution in [3.63, 3.8) is 0 Å². The second-order valence-corrected chi connectivity index (χ2v) is 8.27. The third kappa shape index (κ3) is 6.13. The molecule has 0 aromatic heterocycles. The van der Waals surface area contributed by atoms with Crippen molar-refractivity contribution in [2.45, 2.75) is 20.0 Å². The molecule has 8 nitrogen and oxygen atoms in total. The molecule has 0 spiro atoms. The van der Waals surface area contributed by atoms with Crippen molar-refractivity contribution >= 4 is 29.6 Å². The Hall–Kier alpha value is -4.66. The normalized spacial score (nSPS) is 14.0. The Labute approximate surface area is 213 Å². The highest BCUT2D eigenvalue weighted by Crippen LogP contribution is 2.30. The number of imide groups is 1. The third-order valence-electron chi connectivity index (χ3n) is 5.72. The molecule has 3 aromatic rings. The number of halogens is 1. The number of nitrogens with zero attached hydrogens (tertiary/aromatic N) is 1. The molecule has 3 aromatic carbocycles. The van der Waals surface area contributed by atoms with Gasteiger partial charge in [-0.2, -0.15) is 0 Å². The van der Waals surface area contributed by atoms with Crippen molar-refractivity contribution in [1.29, 1.82) is 0 Å². The van der Waals surface area contributed by atoms with E-state index in [1.165, 1.54) is 25.3 Å². The van der Waals surface area contributed by atoms with Crippen LogP contribution in [-0.2, 0) is 22.6 Å². The second-order valence-electron chi connectivity index (χ2n) is 8.27. The number of urea groups is 1. The summed E-state index contributed by atoms with van der Waals surface area (Å²) in [5.41, 5.74) is 2.86. The Morgan fingerprint density at radius 2 is 1.86 bits per heavy atom. The maximum Gasteiger partial charge on any atom is 0.329 e. The van der Waals surface area contributed by atoms with E-state index in [9.17, 15) is 18.8 Å². The van der Waals surface area contributed by atoms with Gasteiger partial charge in [-0.25, -0.2) is 14.1 Å². The smallest absolute Gasteiger partial charge is 0.329 e. The minimum atomic E-state index is -0.683. The quantitative estimate of drug-likeness (QED) is 0.331. The number of nitrogens with one attached hydrogen (secondary N) is 2. The number of rotatable bonds is 9. The van der Waals surface area contributed by atoms with Crippen molar-refractivity contribution < 1.29 is 28.2 Å². The standard InChI is InChI=1S/C28H26FN3O5/c1-3-20-8-4-5-10-22(20)30-26(33)16-32-27(34)23(31-28(32)35)14-18-11-12-24(25(15-18)36-2)37-17-19-7-6-9-21(29)13-19/h4-15H,3,16-17H2,1-2H3,(H,30,33)(H,31,35)/b23-14+. The van der Waals surface area contributed by atoms with Crippen LogP contribution in [0.15, 0.2) is 72.4 Å². The summed E-state index contributed by atoms with van der Waals surface area (Å²) in [7, 11) is 1.47. The lowest BCUT2D eigenvalue weighted by molar-refractivity contribution is -0.127. The topological polar surface area (TPSA) is 97.0 Å². The molecule has 37 heavy (non-hydrogen) atoms. The lowest BCUT2D eigenvalue weighted by Crippen LogP contribution is -2.38. The summed E-state index contributed by atoms with van der Waals surface area (Å²) in [5.74, 6) is -0.619. The average Bonchev–Trinajstić information content (AvgIpc) is 3.15. The molecular weight excluding hydrogens is 477 g/mol. The number of para-hydroxylation sites is 1. The Kier molecular flexibility index (Phi) is 7.83. The lowest BCUT2D eigenvalue weighted by Gasteiger charge is -2.13. The minimum absolute atomic E-state index is 0.0299. The molecule has 1 heterocycles.